The van der Waals surface area contributed by atoms with Crippen molar-refractivity contribution in [2.45, 2.75) is 45.4 Å². The maximum absolute atomic E-state index is 12.9. The number of aryl methyl sites for hydroxylation is 1. The summed E-state index contributed by atoms with van der Waals surface area (Å²) >= 11 is 1.31. The number of aliphatic imine (C=N–C) groups is 1. The van der Waals surface area contributed by atoms with E-state index in [0.717, 1.165) is 27.2 Å². The Morgan fingerprint density at radius 2 is 2.24 bits per heavy atom. The summed E-state index contributed by atoms with van der Waals surface area (Å²) in [5.41, 5.74) is 14.8. The van der Waals surface area contributed by atoms with Crippen LogP contribution in [0.1, 0.15) is 35.6 Å². The number of anilines is 1. The van der Waals surface area contributed by atoms with Crippen LogP contribution >= 0.6 is 11.3 Å². The monoisotopic (exact) mass is 484 g/mol. The average Bonchev–Trinajstić information content (AvgIpc) is 3.32. The van der Waals surface area contributed by atoms with Gasteiger partial charge in [-0.2, -0.15) is 0 Å². The highest BCUT2D eigenvalue weighted by molar-refractivity contribution is 7.21. The van der Waals surface area contributed by atoms with Crippen LogP contribution in [0, 0.1) is 6.92 Å². The third-order valence-electron chi connectivity index (χ3n) is 6.12. The predicted octanol–water partition coefficient (Wildman–Crippen LogP) is 2.57. The molecule has 34 heavy (non-hydrogen) atoms. The first-order valence-corrected chi connectivity index (χ1v) is 12.2. The molecular weight excluding hydrogens is 452 g/mol. The number of amides is 1. The molecule has 3 atom stereocenters. The Hall–Kier alpha value is -2.95. The lowest BCUT2D eigenvalue weighted by Gasteiger charge is -2.27. The highest BCUT2D eigenvalue weighted by Crippen LogP contribution is 2.33. The Bertz CT molecular complexity index is 1160. The van der Waals surface area contributed by atoms with E-state index in [-0.39, 0.29) is 24.1 Å². The molecule has 0 unspecified atom stereocenters. The summed E-state index contributed by atoms with van der Waals surface area (Å²) in [7, 11) is 0. The summed E-state index contributed by atoms with van der Waals surface area (Å²) in [5, 5.41) is 3.86. The Morgan fingerprint density at radius 3 is 2.94 bits per heavy atom. The summed E-state index contributed by atoms with van der Waals surface area (Å²) in [5.74, 6) is 1.23. The summed E-state index contributed by atoms with van der Waals surface area (Å²) in [6, 6.07) is 3.56. The number of hydrogen-bond acceptors (Lipinski definition) is 9. The number of aromatic nitrogens is 1. The van der Waals surface area contributed by atoms with Gasteiger partial charge in [0, 0.05) is 36.9 Å². The maximum Gasteiger partial charge on any atom is 0.263 e. The van der Waals surface area contributed by atoms with Crippen molar-refractivity contribution < 1.29 is 14.3 Å². The second-order valence-electron chi connectivity index (χ2n) is 8.70. The fourth-order valence-electron chi connectivity index (χ4n) is 4.34. The van der Waals surface area contributed by atoms with E-state index >= 15 is 0 Å². The molecule has 182 valence electrons. The molecule has 2 aliphatic heterocycles. The lowest BCUT2D eigenvalue weighted by atomic mass is 10.0. The van der Waals surface area contributed by atoms with Crippen LogP contribution in [0.4, 0.5) is 5.69 Å². The molecular formula is C24H32N6O3S. The van der Waals surface area contributed by atoms with Crippen molar-refractivity contribution in [3.05, 3.63) is 45.9 Å². The molecule has 10 heteroatoms. The Labute approximate surface area is 203 Å². The van der Waals surface area contributed by atoms with E-state index < -0.39 is 0 Å². The minimum atomic E-state index is -0.208. The molecule has 0 aromatic carbocycles. The van der Waals surface area contributed by atoms with Gasteiger partial charge in [-0.1, -0.05) is 0 Å². The van der Waals surface area contributed by atoms with Gasteiger partial charge in [-0.3, -0.25) is 4.79 Å². The summed E-state index contributed by atoms with van der Waals surface area (Å²) in [6.45, 7) is 11.9. The molecule has 2 aliphatic rings. The van der Waals surface area contributed by atoms with Crippen LogP contribution in [0.25, 0.3) is 10.2 Å². The second kappa shape index (κ2) is 10.1. The number of carbonyl (C=O) groups excluding carboxylic acids is 1. The minimum absolute atomic E-state index is 0.0301. The number of nitrogens with one attached hydrogen (secondary N) is 1. The van der Waals surface area contributed by atoms with Crippen molar-refractivity contribution in [1.29, 1.82) is 0 Å². The SMILES string of the molecule is C=N/C(=C\C1=C(C)C[C@@H](NC(=O)c2sc3nc(C)ccc3c2N)CO1)N1C[C@H](OCC)[C@@H](N)C1. The van der Waals surface area contributed by atoms with Gasteiger partial charge in [0.2, 0.25) is 0 Å². The number of nitrogens with two attached hydrogens (primary N) is 2. The normalized spacial score (nSPS) is 23.4. The molecule has 0 spiro atoms. The molecule has 4 rings (SSSR count). The molecule has 5 N–H and O–H groups in total. The summed E-state index contributed by atoms with van der Waals surface area (Å²) in [4.78, 5) is 24.9. The molecule has 0 saturated carbocycles. The van der Waals surface area contributed by atoms with Crippen LogP contribution in [0.15, 0.2) is 40.4 Å². The second-order valence-corrected chi connectivity index (χ2v) is 9.70. The van der Waals surface area contributed by atoms with Crippen molar-refractivity contribution >= 4 is 39.9 Å². The van der Waals surface area contributed by atoms with Gasteiger partial charge in [0.05, 0.1) is 23.9 Å². The van der Waals surface area contributed by atoms with E-state index in [1.165, 1.54) is 11.3 Å². The number of fused-ring (bicyclic) bond motifs is 1. The van der Waals surface area contributed by atoms with Gasteiger partial charge in [0.25, 0.3) is 5.91 Å². The topological polar surface area (TPSA) is 128 Å². The fourth-order valence-corrected chi connectivity index (χ4v) is 5.38. The average molecular weight is 485 g/mol. The Balaban J connectivity index is 1.43. The number of hydrogen-bond donors (Lipinski definition) is 3. The van der Waals surface area contributed by atoms with Gasteiger partial charge < -0.3 is 31.2 Å². The van der Waals surface area contributed by atoms with E-state index in [9.17, 15) is 4.79 Å². The maximum atomic E-state index is 12.9. The fraction of sp³-hybridized carbons (Fsp3) is 0.458. The number of rotatable bonds is 7. The first-order valence-electron chi connectivity index (χ1n) is 11.4. The number of allylic oxidation sites excluding steroid dienone is 1. The Kier molecular flexibility index (Phi) is 7.20. The van der Waals surface area contributed by atoms with E-state index in [1.54, 1.807) is 0 Å². The first-order chi connectivity index (χ1) is 16.3. The summed E-state index contributed by atoms with van der Waals surface area (Å²) < 4.78 is 11.7. The number of pyridine rings is 1. The zero-order valence-electron chi connectivity index (χ0n) is 19.8. The predicted molar refractivity (Wildman–Crippen MR) is 136 cm³/mol. The molecule has 1 fully saturated rings. The number of thiophene rings is 1. The zero-order valence-corrected chi connectivity index (χ0v) is 20.7. The highest BCUT2D eigenvalue weighted by Gasteiger charge is 2.32. The van der Waals surface area contributed by atoms with Gasteiger partial charge in [0.15, 0.2) is 0 Å². The Morgan fingerprint density at radius 1 is 1.44 bits per heavy atom. The third-order valence-corrected chi connectivity index (χ3v) is 7.24. The van der Waals surface area contributed by atoms with Crippen molar-refractivity contribution in [3.8, 4) is 0 Å². The lowest BCUT2D eigenvalue weighted by molar-refractivity contribution is 0.0622. The molecule has 4 heterocycles. The quantitative estimate of drug-likeness (QED) is 0.515. The van der Waals surface area contributed by atoms with E-state index in [0.29, 0.717) is 49.1 Å². The molecule has 0 bridgehead atoms. The molecule has 0 radical (unpaired) electrons. The van der Waals surface area contributed by atoms with Crippen LogP contribution < -0.4 is 16.8 Å². The first kappa shape index (κ1) is 24.2. The molecule has 1 amide bonds. The number of likely N-dealkylation sites (tertiary alicyclic amines) is 1. The van der Waals surface area contributed by atoms with Crippen LogP contribution in [0.5, 0.6) is 0 Å². The number of nitrogen functional groups attached to an aromatic ring is 1. The molecule has 2 aromatic rings. The molecule has 0 aliphatic carbocycles. The largest absolute Gasteiger partial charge is 0.491 e. The third kappa shape index (κ3) is 4.94. The minimum Gasteiger partial charge on any atom is -0.491 e. The molecule has 2 aromatic heterocycles. The smallest absolute Gasteiger partial charge is 0.263 e. The number of nitrogens with zero attached hydrogens (tertiary/aromatic N) is 3. The van der Waals surface area contributed by atoms with Gasteiger partial charge in [-0.15, -0.1) is 11.3 Å². The zero-order chi connectivity index (χ0) is 24.4. The van der Waals surface area contributed by atoms with Gasteiger partial charge >= 0.3 is 0 Å². The van der Waals surface area contributed by atoms with Gasteiger partial charge in [-0.25, -0.2) is 9.98 Å². The van der Waals surface area contributed by atoms with Crippen LogP contribution in [-0.2, 0) is 9.47 Å². The molecule has 9 nitrogen and oxygen atoms in total. The van der Waals surface area contributed by atoms with Crippen LogP contribution in [-0.4, -0.2) is 67.0 Å². The van der Waals surface area contributed by atoms with E-state index in [4.69, 9.17) is 20.9 Å². The van der Waals surface area contributed by atoms with Crippen LogP contribution in [0.2, 0.25) is 0 Å². The van der Waals surface area contributed by atoms with E-state index in [2.05, 4.69) is 26.9 Å². The number of carbonyl (C=O) groups is 1. The number of ether oxygens (including phenoxy) is 2. The van der Waals surface area contributed by atoms with Gasteiger partial charge in [0.1, 0.15) is 27.9 Å². The summed E-state index contributed by atoms with van der Waals surface area (Å²) in [6.07, 6.45) is 2.52. The van der Waals surface area contributed by atoms with Crippen LogP contribution in [0.3, 0.4) is 0 Å². The van der Waals surface area contributed by atoms with Crippen molar-refractivity contribution in [1.82, 2.24) is 15.2 Å². The standard InChI is InChI=1S/C24H32N6O3S/c1-5-32-19-11-30(10-17(19)25)20(27-4)9-18-13(2)8-15(12-33-18)29-23(31)22-21(26)16-7-6-14(3)28-24(16)34-22/h6-7,9,15,17,19H,4-5,8,10-12,25-26H2,1-3H3,(H,29,31)/b20-9+/t15-,17+,19+/m1/s1. The van der Waals surface area contributed by atoms with E-state index in [1.807, 2.05) is 39.0 Å². The molecule has 1 saturated heterocycles. The highest BCUT2D eigenvalue weighted by atomic mass is 32.1. The van der Waals surface area contributed by atoms with Gasteiger partial charge in [-0.05, 0) is 51.6 Å². The van der Waals surface area contributed by atoms with Crippen molar-refractivity contribution in [3.63, 3.8) is 0 Å². The lowest BCUT2D eigenvalue weighted by Crippen LogP contribution is -2.40. The van der Waals surface area contributed by atoms with Crippen molar-refractivity contribution in [2.75, 3.05) is 32.0 Å². The van der Waals surface area contributed by atoms with Crippen molar-refractivity contribution in [2.24, 2.45) is 10.7 Å².